The number of non-ortho nitro benzene ring substituents is 1. The minimum Gasteiger partial charge on any atom is -0.396 e. The lowest BCUT2D eigenvalue weighted by Gasteiger charge is -2.06. The molecule has 0 atom stereocenters. The van der Waals surface area contributed by atoms with Crippen molar-refractivity contribution in [3.05, 3.63) is 38.9 Å². The van der Waals surface area contributed by atoms with Crippen LogP contribution in [0, 0.1) is 10.1 Å². The third kappa shape index (κ3) is 6.00. The molecule has 0 heterocycles. The highest BCUT2D eigenvalue weighted by molar-refractivity contribution is 6.31. The first-order chi connectivity index (χ1) is 9.15. The zero-order valence-electron chi connectivity index (χ0n) is 10.8. The van der Waals surface area contributed by atoms with Gasteiger partial charge in [-0.2, -0.15) is 0 Å². The molecule has 0 unspecified atom stereocenters. The van der Waals surface area contributed by atoms with Crippen LogP contribution in [-0.4, -0.2) is 23.2 Å². The number of nitro groups is 1. The van der Waals surface area contributed by atoms with Gasteiger partial charge in [0, 0.05) is 30.3 Å². The molecule has 0 radical (unpaired) electrons. The number of aliphatic hydroxyl groups is 1. The minimum absolute atomic E-state index is 0.0594. The maximum atomic E-state index is 10.7. The molecule has 0 aromatic heterocycles. The van der Waals surface area contributed by atoms with Gasteiger partial charge < -0.3 is 10.4 Å². The van der Waals surface area contributed by atoms with Crippen molar-refractivity contribution in [3.8, 4) is 0 Å². The molecule has 19 heavy (non-hydrogen) atoms. The maximum absolute atomic E-state index is 10.7. The summed E-state index contributed by atoms with van der Waals surface area (Å²) in [6, 6.07) is 4.46. The highest BCUT2D eigenvalue weighted by Gasteiger charge is 2.09. The summed E-state index contributed by atoms with van der Waals surface area (Å²) >= 11 is 5.99. The van der Waals surface area contributed by atoms with Gasteiger partial charge in [0.25, 0.3) is 5.69 Å². The Labute approximate surface area is 117 Å². The fourth-order valence-corrected chi connectivity index (χ4v) is 1.93. The molecule has 0 bridgehead atoms. The Morgan fingerprint density at radius 1 is 1.26 bits per heavy atom. The summed E-state index contributed by atoms with van der Waals surface area (Å²) in [5, 5.41) is 23.1. The summed E-state index contributed by atoms with van der Waals surface area (Å²) in [5.74, 6) is 0. The van der Waals surface area contributed by atoms with E-state index in [-0.39, 0.29) is 12.3 Å². The van der Waals surface area contributed by atoms with Gasteiger partial charge in [-0.25, -0.2) is 0 Å². The molecule has 1 aromatic rings. The Hall–Kier alpha value is -1.17. The molecule has 0 saturated heterocycles. The van der Waals surface area contributed by atoms with Crippen LogP contribution >= 0.6 is 11.6 Å². The molecule has 1 aromatic carbocycles. The zero-order chi connectivity index (χ0) is 14.1. The van der Waals surface area contributed by atoms with Crippen molar-refractivity contribution < 1.29 is 10.0 Å². The zero-order valence-corrected chi connectivity index (χ0v) is 11.5. The van der Waals surface area contributed by atoms with E-state index >= 15 is 0 Å². The van der Waals surface area contributed by atoms with Crippen LogP contribution in [0.2, 0.25) is 5.02 Å². The molecule has 2 N–H and O–H groups in total. The van der Waals surface area contributed by atoms with Crippen LogP contribution in [-0.2, 0) is 6.54 Å². The van der Waals surface area contributed by atoms with Crippen LogP contribution in [0.15, 0.2) is 18.2 Å². The van der Waals surface area contributed by atoms with Gasteiger partial charge in [0.2, 0.25) is 0 Å². The Morgan fingerprint density at radius 3 is 2.68 bits per heavy atom. The van der Waals surface area contributed by atoms with Gasteiger partial charge in [0.1, 0.15) is 0 Å². The van der Waals surface area contributed by atoms with Crippen LogP contribution in [0.4, 0.5) is 5.69 Å². The summed E-state index contributed by atoms with van der Waals surface area (Å²) in [7, 11) is 0. The number of nitro benzene ring substituents is 1. The molecule has 6 heteroatoms. The van der Waals surface area contributed by atoms with Crippen molar-refractivity contribution in [2.45, 2.75) is 32.2 Å². The topological polar surface area (TPSA) is 75.4 Å². The summed E-state index contributed by atoms with van der Waals surface area (Å²) < 4.78 is 0. The number of halogens is 1. The normalized spacial score (nSPS) is 10.6. The summed E-state index contributed by atoms with van der Waals surface area (Å²) in [6.07, 6.45) is 3.95. The Bertz CT molecular complexity index is 413. The molecule has 0 fully saturated rings. The van der Waals surface area contributed by atoms with E-state index in [1.54, 1.807) is 6.07 Å². The van der Waals surface area contributed by atoms with Crippen molar-refractivity contribution in [2.75, 3.05) is 13.2 Å². The molecule has 0 aliphatic rings. The largest absolute Gasteiger partial charge is 0.396 e. The van der Waals surface area contributed by atoms with E-state index in [9.17, 15) is 10.1 Å². The standard InChI is InChI=1S/C13H19ClN2O3/c14-13-6-5-12(16(18)19)9-11(13)10-15-7-3-1-2-4-8-17/h5-6,9,15,17H,1-4,7-8,10H2. The Morgan fingerprint density at radius 2 is 2.00 bits per heavy atom. The lowest BCUT2D eigenvalue weighted by molar-refractivity contribution is -0.384. The van der Waals surface area contributed by atoms with Gasteiger partial charge >= 0.3 is 0 Å². The van der Waals surface area contributed by atoms with E-state index in [1.165, 1.54) is 12.1 Å². The lowest BCUT2D eigenvalue weighted by Crippen LogP contribution is -2.15. The number of aliphatic hydroxyl groups excluding tert-OH is 1. The van der Waals surface area contributed by atoms with E-state index in [0.29, 0.717) is 11.6 Å². The minimum atomic E-state index is -0.422. The molecular weight excluding hydrogens is 268 g/mol. The SMILES string of the molecule is O=[N+]([O-])c1ccc(Cl)c(CNCCCCCCO)c1. The van der Waals surface area contributed by atoms with Crippen LogP contribution in [0.3, 0.4) is 0 Å². The Balaban J connectivity index is 2.32. The molecule has 0 aliphatic carbocycles. The third-order valence-electron chi connectivity index (χ3n) is 2.82. The van der Waals surface area contributed by atoms with Crippen molar-refractivity contribution in [1.29, 1.82) is 0 Å². The first kappa shape index (κ1) is 15.9. The van der Waals surface area contributed by atoms with Gasteiger partial charge in [0.15, 0.2) is 0 Å². The molecule has 0 amide bonds. The van der Waals surface area contributed by atoms with Crippen LogP contribution in [0.5, 0.6) is 0 Å². The van der Waals surface area contributed by atoms with Crippen LogP contribution < -0.4 is 5.32 Å². The first-order valence-electron chi connectivity index (χ1n) is 6.39. The lowest BCUT2D eigenvalue weighted by atomic mass is 10.2. The summed E-state index contributed by atoms with van der Waals surface area (Å²) in [4.78, 5) is 10.2. The first-order valence-corrected chi connectivity index (χ1v) is 6.77. The van der Waals surface area contributed by atoms with E-state index in [0.717, 1.165) is 37.8 Å². The van der Waals surface area contributed by atoms with E-state index < -0.39 is 4.92 Å². The second kappa shape index (κ2) is 8.85. The van der Waals surface area contributed by atoms with Crippen molar-refractivity contribution in [1.82, 2.24) is 5.32 Å². The van der Waals surface area contributed by atoms with Gasteiger partial charge in [-0.15, -0.1) is 0 Å². The van der Waals surface area contributed by atoms with E-state index in [4.69, 9.17) is 16.7 Å². The average Bonchev–Trinajstić information content (AvgIpc) is 2.39. The molecular formula is C13H19ClN2O3. The molecule has 0 aliphatic heterocycles. The second-order valence-electron chi connectivity index (χ2n) is 4.35. The number of rotatable bonds is 9. The number of nitrogens with zero attached hydrogens (tertiary/aromatic N) is 1. The quantitative estimate of drug-likeness (QED) is 0.416. The number of nitrogens with one attached hydrogen (secondary N) is 1. The second-order valence-corrected chi connectivity index (χ2v) is 4.75. The summed E-state index contributed by atoms with van der Waals surface area (Å²) in [5.41, 5.74) is 0.801. The van der Waals surface area contributed by atoms with E-state index in [2.05, 4.69) is 5.32 Å². The van der Waals surface area contributed by atoms with E-state index in [1.807, 2.05) is 0 Å². The fraction of sp³-hybridized carbons (Fsp3) is 0.538. The molecule has 5 nitrogen and oxygen atoms in total. The fourth-order valence-electron chi connectivity index (χ4n) is 1.75. The van der Waals surface area contributed by atoms with Crippen molar-refractivity contribution >= 4 is 17.3 Å². The molecule has 0 spiro atoms. The predicted molar refractivity (Wildman–Crippen MR) is 75.4 cm³/mol. The average molecular weight is 287 g/mol. The van der Waals surface area contributed by atoms with Crippen LogP contribution in [0.1, 0.15) is 31.2 Å². The molecule has 1 rings (SSSR count). The van der Waals surface area contributed by atoms with Gasteiger partial charge in [-0.05, 0) is 31.0 Å². The molecule has 0 saturated carbocycles. The number of benzene rings is 1. The van der Waals surface area contributed by atoms with Crippen molar-refractivity contribution in [2.24, 2.45) is 0 Å². The van der Waals surface area contributed by atoms with Gasteiger partial charge in [-0.3, -0.25) is 10.1 Å². The maximum Gasteiger partial charge on any atom is 0.269 e. The van der Waals surface area contributed by atoms with Gasteiger partial charge in [0.05, 0.1) is 4.92 Å². The Kier molecular flexibility index (Phi) is 7.40. The molecule has 106 valence electrons. The third-order valence-corrected chi connectivity index (χ3v) is 3.19. The van der Waals surface area contributed by atoms with Gasteiger partial charge in [-0.1, -0.05) is 24.4 Å². The smallest absolute Gasteiger partial charge is 0.269 e. The highest BCUT2D eigenvalue weighted by atomic mass is 35.5. The summed E-state index contributed by atoms with van der Waals surface area (Å²) in [6.45, 7) is 1.61. The van der Waals surface area contributed by atoms with Crippen molar-refractivity contribution in [3.63, 3.8) is 0 Å². The number of unbranched alkanes of at least 4 members (excludes halogenated alkanes) is 3. The number of hydrogen-bond acceptors (Lipinski definition) is 4. The number of hydrogen-bond donors (Lipinski definition) is 2. The predicted octanol–water partition coefficient (Wildman–Crippen LogP) is 2.89. The highest BCUT2D eigenvalue weighted by Crippen LogP contribution is 2.21. The monoisotopic (exact) mass is 286 g/mol. The van der Waals surface area contributed by atoms with Crippen LogP contribution in [0.25, 0.3) is 0 Å².